The molecule has 3 amide bonds. The van der Waals surface area contributed by atoms with Gasteiger partial charge in [-0.1, -0.05) is 18.6 Å². The molecule has 2 fully saturated rings. The maximum Gasteiger partial charge on any atom is 0.321 e. The largest absolute Gasteiger partial charge is 0.376 e. The van der Waals surface area contributed by atoms with Crippen molar-refractivity contribution < 1.29 is 14.3 Å². The van der Waals surface area contributed by atoms with Crippen LogP contribution < -0.4 is 10.6 Å². The number of nitrogens with one attached hydrogen (secondary N) is 2. The maximum atomic E-state index is 12.8. The Hall–Kier alpha value is -2.08. The average molecular weight is 359 g/mol. The van der Waals surface area contributed by atoms with E-state index in [1.165, 1.54) is 19.3 Å². The third-order valence-corrected chi connectivity index (χ3v) is 5.26. The number of carbonyl (C=O) groups excluding carboxylic acids is 2. The minimum absolute atomic E-state index is 0.0431. The number of benzene rings is 1. The monoisotopic (exact) mass is 359 g/mol. The van der Waals surface area contributed by atoms with E-state index in [1.54, 1.807) is 7.05 Å². The van der Waals surface area contributed by atoms with Gasteiger partial charge in [0.1, 0.15) is 0 Å². The first-order chi connectivity index (χ1) is 12.6. The van der Waals surface area contributed by atoms with Gasteiger partial charge in [0.05, 0.1) is 12.5 Å². The molecular formula is C20H29N3O3. The van der Waals surface area contributed by atoms with Gasteiger partial charge in [-0.15, -0.1) is 0 Å². The molecule has 1 aliphatic heterocycles. The summed E-state index contributed by atoms with van der Waals surface area (Å²) in [5.74, 6) is 0.570. The van der Waals surface area contributed by atoms with Crippen LogP contribution in [-0.4, -0.2) is 49.7 Å². The molecule has 2 aliphatic rings. The van der Waals surface area contributed by atoms with Crippen molar-refractivity contribution in [3.8, 4) is 0 Å². The molecule has 6 nitrogen and oxygen atoms in total. The normalized spacial score (nSPS) is 19.7. The van der Waals surface area contributed by atoms with Crippen LogP contribution in [0.4, 0.5) is 10.5 Å². The van der Waals surface area contributed by atoms with E-state index in [1.807, 2.05) is 29.2 Å². The van der Waals surface area contributed by atoms with Crippen LogP contribution in [0.2, 0.25) is 0 Å². The van der Waals surface area contributed by atoms with Crippen LogP contribution in [0.15, 0.2) is 24.3 Å². The van der Waals surface area contributed by atoms with Gasteiger partial charge in [-0.3, -0.25) is 4.79 Å². The van der Waals surface area contributed by atoms with E-state index < -0.39 is 0 Å². The number of likely N-dealkylation sites (N-methyl/N-ethyl adjacent to an activating group) is 1. The summed E-state index contributed by atoms with van der Waals surface area (Å²) in [4.78, 5) is 26.3. The lowest BCUT2D eigenvalue weighted by Gasteiger charge is -2.33. The van der Waals surface area contributed by atoms with Crippen LogP contribution in [-0.2, 0) is 16.0 Å². The second-order valence-electron chi connectivity index (χ2n) is 7.32. The Morgan fingerprint density at radius 3 is 2.69 bits per heavy atom. The topological polar surface area (TPSA) is 70.7 Å². The highest BCUT2D eigenvalue weighted by Crippen LogP contribution is 2.28. The second kappa shape index (κ2) is 9.03. The van der Waals surface area contributed by atoms with Gasteiger partial charge in [-0.2, -0.15) is 0 Å². The molecule has 0 spiro atoms. The minimum atomic E-state index is -0.0792. The SMILES string of the molecule is CNC(=O)Cc1cccc(NC(=O)N(CC2CCC2)C[C@H]2CCCO2)c1. The number of nitrogens with zero attached hydrogens (tertiary/aromatic N) is 1. The van der Waals surface area contributed by atoms with E-state index in [4.69, 9.17) is 4.74 Å². The molecule has 2 N–H and O–H groups in total. The van der Waals surface area contributed by atoms with Crippen LogP contribution in [0.5, 0.6) is 0 Å². The van der Waals surface area contributed by atoms with Gasteiger partial charge in [0.2, 0.25) is 5.91 Å². The highest BCUT2D eigenvalue weighted by molar-refractivity contribution is 5.89. The number of hydrogen-bond donors (Lipinski definition) is 2. The van der Waals surface area contributed by atoms with E-state index in [-0.39, 0.29) is 18.0 Å². The van der Waals surface area contributed by atoms with E-state index in [9.17, 15) is 9.59 Å². The maximum absolute atomic E-state index is 12.8. The number of rotatable bonds is 7. The summed E-state index contributed by atoms with van der Waals surface area (Å²) >= 11 is 0. The predicted molar refractivity (Wildman–Crippen MR) is 101 cm³/mol. The fourth-order valence-electron chi connectivity index (χ4n) is 3.50. The first-order valence-electron chi connectivity index (χ1n) is 9.61. The zero-order chi connectivity index (χ0) is 18.4. The fraction of sp³-hybridized carbons (Fsp3) is 0.600. The first-order valence-corrected chi connectivity index (χ1v) is 9.61. The molecule has 3 rings (SSSR count). The molecule has 0 unspecified atom stereocenters. The van der Waals surface area contributed by atoms with Crippen molar-refractivity contribution in [2.75, 3.05) is 32.1 Å². The number of carbonyl (C=O) groups is 2. The summed E-state index contributed by atoms with van der Waals surface area (Å²) in [6.07, 6.45) is 6.23. The van der Waals surface area contributed by atoms with Crippen LogP contribution in [0.25, 0.3) is 0 Å². The van der Waals surface area contributed by atoms with E-state index >= 15 is 0 Å². The highest BCUT2D eigenvalue weighted by Gasteiger charge is 2.27. The van der Waals surface area contributed by atoms with Gasteiger partial charge in [0.25, 0.3) is 0 Å². The van der Waals surface area contributed by atoms with Crippen molar-refractivity contribution in [2.45, 2.75) is 44.6 Å². The van der Waals surface area contributed by atoms with Crippen LogP contribution >= 0.6 is 0 Å². The molecule has 142 valence electrons. The molecule has 1 heterocycles. The van der Waals surface area contributed by atoms with Gasteiger partial charge in [-0.05, 0) is 49.3 Å². The molecular weight excluding hydrogens is 330 g/mol. The zero-order valence-corrected chi connectivity index (χ0v) is 15.5. The number of urea groups is 1. The molecule has 6 heteroatoms. The van der Waals surface area contributed by atoms with Crippen LogP contribution in [0.1, 0.15) is 37.7 Å². The summed E-state index contributed by atoms with van der Waals surface area (Å²) in [5.41, 5.74) is 1.61. The molecule has 0 aromatic heterocycles. The van der Waals surface area contributed by atoms with Gasteiger partial charge in [0, 0.05) is 32.4 Å². The lowest BCUT2D eigenvalue weighted by Crippen LogP contribution is -2.44. The van der Waals surface area contributed by atoms with E-state index in [0.717, 1.165) is 37.2 Å². The number of hydrogen-bond acceptors (Lipinski definition) is 3. The summed E-state index contributed by atoms with van der Waals surface area (Å²) in [6.45, 7) is 2.25. The Morgan fingerprint density at radius 1 is 1.19 bits per heavy atom. The predicted octanol–water partition coefficient (Wildman–Crippen LogP) is 2.79. The lowest BCUT2D eigenvalue weighted by molar-refractivity contribution is -0.119. The second-order valence-corrected chi connectivity index (χ2v) is 7.32. The quantitative estimate of drug-likeness (QED) is 0.786. The van der Waals surface area contributed by atoms with E-state index in [0.29, 0.717) is 18.9 Å². The molecule has 1 aliphatic carbocycles. The summed E-state index contributed by atoms with van der Waals surface area (Å²) in [7, 11) is 1.62. The molecule has 0 bridgehead atoms. The minimum Gasteiger partial charge on any atom is -0.376 e. The molecule has 1 saturated heterocycles. The first kappa shape index (κ1) is 18.7. The van der Waals surface area contributed by atoms with Gasteiger partial charge in [-0.25, -0.2) is 4.79 Å². The molecule has 26 heavy (non-hydrogen) atoms. The third-order valence-electron chi connectivity index (χ3n) is 5.26. The van der Waals surface area contributed by atoms with E-state index in [2.05, 4.69) is 10.6 Å². The van der Waals surface area contributed by atoms with Crippen LogP contribution in [0.3, 0.4) is 0 Å². The molecule has 1 atom stereocenters. The van der Waals surface area contributed by atoms with Crippen molar-refractivity contribution in [3.63, 3.8) is 0 Å². The van der Waals surface area contributed by atoms with Crippen LogP contribution in [0, 0.1) is 5.92 Å². The highest BCUT2D eigenvalue weighted by atomic mass is 16.5. The fourth-order valence-corrected chi connectivity index (χ4v) is 3.50. The number of ether oxygens (including phenoxy) is 1. The van der Waals surface area contributed by atoms with Gasteiger partial charge >= 0.3 is 6.03 Å². The number of amides is 3. The Bertz CT molecular complexity index is 624. The summed E-state index contributed by atoms with van der Waals surface area (Å²) in [5, 5.41) is 5.62. The molecule has 1 saturated carbocycles. The van der Waals surface area contributed by atoms with Crippen molar-refractivity contribution in [1.82, 2.24) is 10.2 Å². The molecule has 0 radical (unpaired) electrons. The Morgan fingerprint density at radius 2 is 2.04 bits per heavy atom. The molecule has 1 aromatic carbocycles. The summed E-state index contributed by atoms with van der Waals surface area (Å²) < 4.78 is 5.73. The Balaban J connectivity index is 1.62. The van der Waals surface area contributed by atoms with Crippen molar-refractivity contribution in [3.05, 3.63) is 29.8 Å². The third kappa shape index (κ3) is 5.21. The number of anilines is 1. The van der Waals surface area contributed by atoms with Crippen molar-refractivity contribution >= 4 is 17.6 Å². The van der Waals surface area contributed by atoms with Crippen molar-refractivity contribution in [2.24, 2.45) is 5.92 Å². The Kier molecular flexibility index (Phi) is 6.50. The van der Waals surface area contributed by atoms with Gasteiger partial charge in [0.15, 0.2) is 0 Å². The van der Waals surface area contributed by atoms with Gasteiger partial charge < -0.3 is 20.3 Å². The Labute approximate surface area is 155 Å². The smallest absolute Gasteiger partial charge is 0.321 e. The lowest BCUT2D eigenvalue weighted by atomic mass is 9.85. The zero-order valence-electron chi connectivity index (χ0n) is 15.5. The standard InChI is InChI=1S/C20H29N3O3/c1-21-19(24)12-16-7-3-8-17(11-16)22-20(25)23(13-15-5-2-6-15)14-18-9-4-10-26-18/h3,7-8,11,15,18H,2,4-6,9-10,12-14H2,1H3,(H,21,24)(H,22,25)/t18-/m1/s1. The molecule has 1 aromatic rings. The summed E-state index contributed by atoms with van der Waals surface area (Å²) in [6, 6.07) is 7.40. The van der Waals surface area contributed by atoms with Crippen molar-refractivity contribution in [1.29, 1.82) is 0 Å². The average Bonchev–Trinajstić information content (AvgIpc) is 3.10.